The van der Waals surface area contributed by atoms with Crippen LogP contribution in [0.25, 0.3) is 0 Å². The summed E-state index contributed by atoms with van der Waals surface area (Å²) in [5.74, 6) is -0.000707. The number of aromatic nitrogens is 2. The fourth-order valence-electron chi connectivity index (χ4n) is 2.77. The molecule has 6 nitrogen and oxygen atoms in total. The topological polar surface area (TPSA) is 70.2 Å². The molecule has 0 bridgehead atoms. The molecule has 3 rings (SSSR count). The Morgan fingerprint density at radius 3 is 2.43 bits per heavy atom. The third kappa shape index (κ3) is 4.58. The van der Waals surface area contributed by atoms with Crippen molar-refractivity contribution in [3.63, 3.8) is 0 Å². The van der Waals surface area contributed by atoms with Gasteiger partial charge in [-0.3, -0.25) is 4.79 Å². The van der Waals surface area contributed by atoms with Gasteiger partial charge in [-0.05, 0) is 61.4 Å². The standard InChI is InChI=1S/C21H22ClN5O/c1-13-11-14(2)19(17(22)12-13)26-21-23-10-9-18(25-21)20(28)24-15-5-7-16(8-6-15)27(3)4/h5-12H,1-4H3,(H,24,28)(H,23,25,26). The SMILES string of the molecule is Cc1cc(C)c(Nc2nccc(C(=O)Nc3ccc(N(C)C)cc3)n2)c(Cl)c1. The lowest BCUT2D eigenvalue weighted by Crippen LogP contribution is -2.15. The highest BCUT2D eigenvalue weighted by Gasteiger charge is 2.12. The summed E-state index contributed by atoms with van der Waals surface area (Å²) in [6.45, 7) is 3.93. The number of rotatable bonds is 5. The zero-order chi connectivity index (χ0) is 20.3. The minimum absolute atomic E-state index is 0.259. The lowest BCUT2D eigenvalue weighted by atomic mass is 10.1. The highest BCUT2D eigenvalue weighted by molar-refractivity contribution is 6.33. The highest BCUT2D eigenvalue weighted by Crippen LogP contribution is 2.29. The zero-order valence-electron chi connectivity index (χ0n) is 16.2. The van der Waals surface area contributed by atoms with Gasteiger partial charge in [-0.2, -0.15) is 0 Å². The van der Waals surface area contributed by atoms with E-state index in [1.807, 2.05) is 69.2 Å². The van der Waals surface area contributed by atoms with Crippen LogP contribution in [0.5, 0.6) is 0 Å². The van der Waals surface area contributed by atoms with Gasteiger partial charge in [-0.15, -0.1) is 0 Å². The lowest BCUT2D eigenvalue weighted by Gasteiger charge is -2.13. The second kappa shape index (κ2) is 8.27. The average Bonchev–Trinajstić information content (AvgIpc) is 2.65. The summed E-state index contributed by atoms with van der Waals surface area (Å²) < 4.78 is 0. The van der Waals surface area contributed by atoms with Gasteiger partial charge >= 0.3 is 0 Å². The number of carbonyl (C=O) groups excluding carboxylic acids is 1. The fraction of sp³-hybridized carbons (Fsp3) is 0.190. The number of carbonyl (C=O) groups is 1. The van der Waals surface area contributed by atoms with E-state index in [1.54, 1.807) is 6.07 Å². The molecule has 0 aliphatic carbocycles. The molecule has 3 aromatic rings. The van der Waals surface area contributed by atoms with Crippen LogP contribution in [0.3, 0.4) is 0 Å². The minimum atomic E-state index is -0.310. The van der Waals surface area contributed by atoms with Crippen LogP contribution >= 0.6 is 11.6 Å². The van der Waals surface area contributed by atoms with Crippen LogP contribution in [0.4, 0.5) is 23.0 Å². The quantitative estimate of drug-likeness (QED) is 0.648. The molecule has 0 aliphatic heterocycles. The summed E-state index contributed by atoms with van der Waals surface area (Å²) in [6, 6.07) is 13.0. The van der Waals surface area contributed by atoms with E-state index in [4.69, 9.17) is 11.6 Å². The minimum Gasteiger partial charge on any atom is -0.378 e. The van der Waals surface area contributed by atoms with Gasteiger partial charge in [0, 0.05) is 31.7 Å². The van der Waals surface area contributed by atoms with Gasteiger partial charge in [0.25, 0.3) is 5.91 Å². The number of halogens is 1. The molecule has 0 aliphatic rings. The Kier molecular flexibility index (Phi) is 5.80. The molecule has 0 saturated heterocycles. The summed E-state index contributed by atoms with van der Waals surface area (Å²) in [5, 5.41) is 6.53. The summed E-state index contributed by atoms with van der Waals surface area (Å²) >= 11 is 6.33. The number of nitrogens with one attached hydrogen (secondary N) is 2. The van der Waals surface area contributed by atoms with Crippen molar-refractivity contribution in [1.82, 2.24) is 9.97 Å². The Morgan fingerprint density at radius 2 is 1.79 bits per heavy atom. The van der Waals surface area contributed by atoms with Gasteiger partial charge in [-0.1, -0.05) is 17.7 Å². The Balaban J connectivity index is 1.76. The molecule has 1 amide bonds. The van der Waals surface area contributed by atoms with E-state index in [9.17, 15) is 4.79 Å². The van der Waals surface area contributed by atoms with Crippen LogP contribution < -0.4 is 15.5 Å². The first-order valence-corrected chi connectivity index (χ1v) is 9.17. The molecule has 0 fully saturated rings. The Morgan fingerprint density at radius 1 is 1.07 bits per heavy atom. The van der Waals surface area contributed by atoms with Crippen molar-refractivity contribution in [2.45, 2.75) is 13.8 Å². The second-order valence-electron chi connectivity index (χ2n) is 6.72. The number of aryl methyl sites for hydroxylation is 2. The molecule has 2 aromatic carbocycles. The molecule has 144 valence electrons. The van der Waals surface area contributed by atoms with Crippen LogP contribution in [0, 0.1) is 13.8 Å². The number of hydrogen-bond donors (Lipinski definition) is 2. The van der Waals surface area contributed by atoms with E-state index < -0.39 is 0 Å². The highest BCUT2D eigenvalue weighted by atomic mass is 35.5. The van der Waals surface area contributed by atoms with Crippen molar-refractivity contribution in [2.24, 2.45) is 0 Å². The van der Waals surface area contributed by atoms with Crippen LogP contribution in [0.15, 0.2) is 48.7 Å². The molecule has 0 atom stereocenters. The third-order valence-corrected chi connectivity index (χ3v) is 4.50. The molecule has 1 aromatic heterocycles. The zero-order valence-corrected chi connectivity index (χ0v) is 17.0. The van der Waals surface area contributed by atoms with Gasteiger partial charge in [0.2, 0.25) is 5.95 Å². The molecule has 0 radical (unpaired) electrons. The van der Waals surface area contributed by atoms with E-state index in [2.05, 4.69) is 20.6 Å². The molecule has 0 saturated carbocycles. The molecular weight excluding hydrogens is 374 g/mol. The lowest BCUT2D eigenvalue weighted by molar-refractivity contribution is 0.102. The van der Waals surface area contributed by atoms with Gasteiger partial charge in [0.05, 0.1) is 10.7 Å². The van der Waals surface area contributed by atoms with E-state index >= 15 is 0 Å². The Labute approximate surface area is 169 Å². The Bertz CT molecular complexity index is 979. The molecule has 1 heterocycles. The largest absolute Gasteiger partial charge is 0.378 e. The normalized spacial score (nSPS) is 10.5. The number of anilines is 4. The van der Waals surface area contributed by atoms with E-state index in [1.165, 1.54) is 6.20 Å². The number of benzene rings is 2. The van der Waals surface area contributed by atoms with Crippen molar-refractivity contribution in [3.05, 3.63) is 70.5 Å². The van der Waals surface area contributed by atoms with Gasteiger partial charge in [0.1, 0.15) is 5.69 Å². The molecule has 0 unspecified atom stereocenters. The van der Waals surface area contributed by atoms with Crippen LogP contribution in [0.1, 0.15) is 21.6 Å². The summed E-state index contributed by atoms with van der Waals surface area (Å²) in [6.07, 6.45) is 1.54. The maximum atomic E-state index is 12.6. The smallest absolute Gasteiger partial charge is 0.274 e. The average molecular weight is 396 g/mol. The number of hydrogen-bond acceptors (Lipinski definition) is 5. The van der Waals surface area contributed by atoms with Gasteiger partial charge < -0.3 is 15.5 Å². The monoisotopic (exact) mass is 395 g/mol. The van der Waals surface area contributed by atoms with Crippen molar-refractivity contribution in [1.29, 1.82) is 0 Å². The molecule has 28 heavy (non-hydrogen) atoms. The third-order valence-electron chi connectivity index (χ3n) is 4.20. The summed E-state index contributed by atoms with van der Waals surface area (Å²) in [4.78, 5) is 23.0. The van der Waals surface area contributed by atoms with Crippen LogP contribution in [0.2, 0.25) is 5.02 Å². The van der Waals surface area contributed by atoms with Gasteiger partial charge in [0.15, 0.2) is 0 Å². The van der Waals surface area contributed by atoms with Crippen molar-refractivity contribution >= 4 is 40.5 Å². The molecule has 0 spiro atoms. The molecule has 7 heteroatoms. The first kappa shape index (κ1) is 19.6. The number of amides is 1. The molecular formula is C21H22ClN5O. The van der Waals surface area contributed by atoms with E-state index in [0.717, 1.165) is 22.5 Å². The van der Waals surface area contributed by atoms with Crippen molar-refractivity contribution in [2.75, 3.05) is 29.6 Å². The predicted octanol–water partition coefficient (Wildman–Crippen LogP) is 4.81. The Hall–Kier alpha value is -3.12. The fourth-order valence-corrected chi connectivity index (χ4v) is 3.14. The van der Waals surface area contributed by atoms with Crippen LogP contribution in [-0.2, 0) is 0 Å². The van der Waals surface area contributed by atoms with E-state index in [0.29, 0.717) is 16.7 Å². The van der Waals surface area contributed by atoms with Gasteiger partial charge in [-0.25, -0.2) is 9.97 Å². The molecule has 2 N–H and O–H groups in total. The predicted molar refractivity (Wildman–Crippen MR) is 115 cm³/mol. The second-order valence-corrected chi connectivity index (χ2v) is 7.13. The summed E-state index contributed by atoms with van der Waals surface area (Å²) in [7, 11) is 3.93. The van der Waals surface area contributed by atoms with E-state index in [-0.39, 0.29) is 11.6 Å². The van der Waals surface area contributed by atoms with Crippen molar-refractivity contribution < 1.29 is 4.79 Å². The van der Waals surface area contributed by atoms with Crippen molar-refractivity contribution in [3.8, 4) is 0 Å². The van der Waals surface area contributed by atoms with Crippen LogP contribution in [-0.4, -0.2) is 30.0 Å². The summed E-state index contributed by atoms with van der Waals surface area (Å²) in [5.41, 5.74) is 4.78. The first-order chi connectivity index (χ1) is 13.3. The maximum Gasteiger partial charge on any atom is 0.274 e. The number of nitrogens with zero attached hydrogens (tertiary/aromatic N) is 3. The first-order valence-electron chi connectivity index (χ1n) is 8.79. The maximum absolute atomic E-state index is 12.6.